The summed E-state index contributed by atoms with van der Waals surface area (Å²) in [5.74, 6) is 3.11. The second kappa shape index (κ2) is 3.87. The maximum atomic E-state index is 2.51. The second-order valence-electron chi connectivity index (χ2n) is 6.53. The summed E-state index contributed by atoms with van der Waals surface area (Å²) in [6.45, 7) is 7.25. The monoisotopic (exact) mass is 194 g/mol. The highest BCUT2D eigenvalue weighted by molar-refractivity contribution is 4.99. The summed E-state index contributed by atoms with van der Waals surface area (Å²) in [4.78, 5) is 0. The van der Waals surface area contributed by atoms with Crippen LogP contribution in [0, 0.1) is 23.2 Å². The largest absolute Gasteiger partial charge is 0.0628 e. The van der Waals surface area contributed by atoms with Gasteiger partial charge in [-0.05, 0) is 42.4 Å². The molecule has 0 bridgehead atoms. The summed E-state index contributed by atoms with van der Waals surface area (Å²) >= 11 is 0. The van der Waals surface area contributed by atoms with E-state index in [2.05, 4.69) is 20.8 Å². The van der Waals surface area contributed by atoms with Crippen molar-refractivity contribution < 1.29 is 0 Å². The Bertz CT molecular complexity index is 190. The van der Waals surface area contributed by atoms with Crippen LogP contribution in [0.1, 0.15) is 65.7 Å². The Labute approximate surface area is 89.5 Å². The van der Waals surface area contributed by atoms with E-state index in [0.29, 0.717) is 0 Å². The third kappa shape index (κ3) is 2.32. The lowest BCUT2D eigenvalue weighted by Crippen LogP contribution is -2.11. The van der Waals surface area contributed by atoms with Gasteiger partial charge in [0.15, 0.2) is 0 Å². The average Bonchev–Trinajstić information content (AvgIpc) is 2.56. The first kappa shape index (κ1) is 10.5. The summed E-state index contributed by atoms with van der Waals surface area (Å²) < 4.78 is 0. The van der Waals surface area contributed by atoms with Gasteiger partial charge < -0.3 is 0 Å². The van der Waals surface area contributed by atoms with E-state index in [4.69, 9.17) is 0 Å². The summed E-state index contributed by atoms with van der Waals surface area (Å²) in [7, 11) is 0. The highest BCUT2D eigenvalue weighted by atomic mass is 14.5. The van der Waals surface area contributed by atoms with Crippen molar-refractivity contribution >= 4 is 0 Å². The molecule has 0 heterocycles. The fourth-order valence-corrected chi connectivity index (χ4v) is 3.36. The van der Waals surface area contributed by atoms with E-state index >= 15 is 0 Å². The highest BCUT2D eigenvalue weighted by Gasteiger charge is 2.49. The van der Waals surface area contributed by atoms with E-state index in [0.717, 1.165) is 23.2 Å². The first-order valence-electron chi connectivity index (χ1n) is 6.60. The summed E-state index contributed by atoms with van der Waals surface area (Å²) in [6.07, 6.45) is 10.6. The lowest BCUT2D eigenvalue weighted by molar-refractivity contribution is 0.273. The van der Waals surface area contributed by atoms with Gasteiger partial charge in [-0.3, -0.25) is 0 Å². The zero-order valence-corrected chi connectivity index (χ0v) is 10.2. The Kier molecular flexibility index (Phi) is 2.91. The van der Waals surface area contributed by atoms with Crippen LogP contribution in [-0.2, 0) is 0 Å². The zero-order valence-electron chi connectivity index (χ0n) is 10.2. The smallest absolute Gasteiger partial charge is 0.0292 e. The molecule has 0 spiro atoms. The fraction of sp³-hybridized carbons (Fsp3) is 1.00. The van der Waals surface area contributed by atoms with Crippen LogP contribution >= 0.6 is 0 Å². The average molecular weight is 194 g/mol. The van der Waals surface area contributed by atoms with Crippen molar-refractivity contribution in [3.63, 3.8) is 0 Å². The molecule has 2 saturated carbocycles. The van der Waals surface area contributed by atoms with Gasteiger partial charge in [0.2, 0.25) is 0 Å². The second-order valence-corrected chi connectivity index (χ2v) is 6.53. The van der Waals surface area contributed by atoms with Crippen LogP contribution in [0.2, 0.25) is 0 Å². The molecule has 0 N–H and O–H groups in total. The molecule has 2 fully saturated rings. The van der Waals surface area contributed by atoms with Crippen LogP contribution in [0.4, 0.5) is 0 Å². The number of hydrogen-bond donors (Lipinski definition) is 0. The van der Waals surface area contributed by atoms with Gasteiger partial charge in [0.1, 0.15) is 0 Å². The first-order chi connectivity index (χ1) is 6.60. The van der Waals surface area contributed by atoms with E-state index < -0.39 is 0 Å². The molecule has 2 rings (SSSR count). The summed E-state index contributed by atoms with van der Waals surface area (Å²) in [6, 6.07) is 0. The van der Waals surface area contributed by atoms with Crippen LogP contribution in [0.5, 0.6) is 0 Å². The third-order valence-electron chi connectivity index (χ3n) is 4.56. The molecule has 2 aliphatic carbocycles. The van der Waals surface area contributed by atoms with Gasteiger partial charge in [-0.25, -0.2) is 0 Å². The minimum Gasteiger partial charge on any atom is -0.0628 e. The predicted octanol–water partition coefficient (Wildman–Crippen LogP) is 4.64. The lowest BCUT2D eigenvalue weighted by atomic mass is 9.81. The Balaban J connectivity index is 1.64. The van der Waals surface area contributed by atoms with Gasteiger partial charge in [0, 0.05) is 0 Å². The van der Waals surface area contributed by atoms with E-state index in [1.165, 1.54) is 38.5 Å². The van der Waals surface area contributed by atoms with E-state index in [1.807, 2.05) is 0 Å². The van der Waals surface area contributed by atoms with Crippen LogP contribution < -0.4 is 0 Å². The standard InChI is InChI=1S/C14H26/c1-11(2)9-14(3)10-13(14)8-7-12-5-4-6-12/h11-13H,4-10H2,1-3H3. The maximum absolute atomic E-state index is 2.51. The lowest BCUT2D eigenvalue weighted by Gasteiger charge is -2.25. The molecule has 0 heteroatoms. The van der Waals surface area contributed by atoms with Gasteiger partial charge in [-0.15, -0.1) is 0 Å². The molecule has 0 radical (unpaired) electrons. The molecular formula is C14H26. The van der Waals surface area contributed by atoms with Crippen LogP contribution in [0.15, 0.2) is 0 Å². The molecule has 2 aliphatic rings. The van der Waals surface area contributed by atoms with Crippen molar-refractivity contribution in [2.45, 2.75) is 65.7 Å². The van der Waals surface area contributed by atoms with Crippen molar-refractivity contribution in [2.75, 3.05) is 0 Å². The molecule has 14 heavy (non-hydrogen) atoms. The molecule has 0 amide bonds. The van der Waals surface area contributed by atoms with Crippen molar-refractivity contribution in [1.82, 2.24) is 0 Å². The minimum atomic E-state index is 0.748. The molecule has 0 aromatic heterocycles. The Hall–Kier alpha value is 0. The topological polar surface area (TPSA) is 0 Å². The maximum Gasteiger partial charge on any atom is -0.0292 e. The van der Waals surface area contributed by atoms with Crippen molar-refractivity contribution in [2.24, 2.45) is 23.2 Å². The first-order valence-corrected chi connectivity index (χ1v) is 6.60. The van der Waals surface area contributed by atoms with Gasteiger partial charge in [0.05, 0.1) is 0 Å². The molecule has 2 atom stereocenters. The molecular weight excluding hydrogens is 168 g/mol. The Morgan fingerprint density at radius 1 is 1.21 bits per heavy atom. The van der Waals surface area contributed by atoms with Crippen LogP contribution in [0.25, 0.3) is 0 Å². The summed E-state index contributed by atoms with van der Waals surface area (Å²) in [5.41, 5.74) is 0.748. The number of hydrogen-bond acceptors (Lipinski definition) is 0. The normalized spacial score (nSPS) is 37.3. The quantitative estimate of drug-likeness (QED) is 0.598. The predicted molar refractivity (Wildman–Crippen MR) is 62.2 cm³/mol. The molecule has 2 unspecified atom stereocenters. The van der Waals surface area contributed by atoms with Gasteiger partial charge in [-0.2, -0.15) is 0 Å². The van der Waals surface area contributed by atoms with Crippen molar-refractivity contribution in [3.05, 3.63) is 0 Å². The van der Waals surface area contributed by atoms with E-state index in [9.17, 15) is 0 Å². The van der Waals surface area contributed by atoms with Gasteiger partial charge in [0.25, 0.3) is 0 Å². The van der Waals surface area contributed by atoms with Crippen molar-refractivity contribution in [3.8, 4) is 0 Å². The minimum absolute atomic E-state index is 0.748. The molecule has 0 nitrogen and oxygen atoms in total. The molecule has 0 aromatic rings. The van der Waals surface area contributed by atoms with Gasteiger partial charge in [-0.1, -0.05) is 46.5 Å². The van der Waals surface area contributed by atoms with Gasteiger partial charge >= 0.3 is 0 Å². The molecule has 0 aromatic carbocycles. The van der Waals surface area contributed by atoms with Crippen molar-refractivity contribution in [1.29, 1.82) is 0 Å². The van der Waals surface area contributed by atoms with Crippen LogP contribution in [0.3, 0.4) is 0 Å². The fourth-order valence-electron chi connectivity index (χ4n) is 3.36. The van der Waals surface area contributed by atoms with E-state index in [1.54, 1.807) is 6.42 Å². The molecule has 0 aliphatic heterocycles. The zero-order chi connectivity index (χ0) is 10.2. The van der Waals surface area contributed by atoms with Crippen LogP contribution in [-0.4, -0.2) is 0 Å². The Morgan fingerprint density at radius 3 is 2.43 bits per heavy atom. The Morgan fingerprint density at radius 2 is 1.93 bits per heavy atom. The molecule has 82 valence electrons. The number of rotatable bonds is 5. The van der Waals surface area contributed by atoms with E-state index in [-0.39, 0.29) is 0 Å². The highest BCUT2D eigenvalue weighted by Crippen LogP contribution is 2.59. The third-order valence-corrected chi connectivity index (χ3v) is 4.56. The molecule has 0 saturated heterocycles. The SMILES string of the molecule is CC(C)CC1(C)CC1CCC1CCC1. The summed E-state index contributed by atoms with van der Waals surface area (Å²) in [5, 5.41) is 0.